The van der Waals surface area contributed by atoms with Gasteiger partial charge in [-0.1, -0.05) is 12.1 Å². The number of amides is 3. The Balaban J connectivity index is 0.00000225. The zero-order valence-electron chi connectivity index (χ0n) is 13.9. The number of para-hydroxylation sites is 2. The lowest BCUT2D eigenvalue weighted by Gasteiger charge is -2.29. The SMILES string of the molecule is Cl.O=C(CCC(=O)N1CC(=O)Nc2ccccc21)NCC1CCCN1. The highest BCUT2D eigenvalue weighted by Crippen LogP contribution is 2.29. The molecule has 1 atom stereocenters. The minimum Gasteiger partial charge on any atom is -0.355 e. The lowest BCUT2D eigenvalue weighted by Crippen LogP contribution is -2.42. The maximum absolute atomic E-state index is 12.4. The molecule has 0 bridgehead atoms. The van der Waals surface area contributed by atoms with Gasteiger partial charge in [-0.15, -0.1) is 12.4 Å². The molecule has 136 valence electrons. The number of nitrogens with one attached hydrogen (secondary N) is 3. The summed E-state index contributed by atoms with van der Waals surface area (Å²) in [6.45, 7) is 1.58. The van der Waals surface area contributed by atoms with E-state index in [1.54, 1.807) is 18.2 Å². The fourth-order valence-corrected chi connectivity index (χ4v) is 3.07. The van der Waals surface area contributed by atoms with E-state index in [4.69, 9.17) is 0 Å². The minimum atomic E-state index is -0.223. The van der Waals surface area contributed by atoms with Crippen LogP contribution >= 0.6 is 12.4 Å². The first-order valence-electron chi connectivity index (χ1n) is 8.33. The summed E-state index contributed by atoms with van der Waals surface area (Å²) in [4.78, 5) is 37.5. The molecule has 2 heterocycles. The number of carbonyl (C=O) groups is 3. The van der Waals surface area contributed by atoms with Gasteiger partial charge < -0.3 is 20.9 Å². The number of hydrogen-bond donors (Lipinski definition) is 3. The van der Waals surface area contributed by atoms with Crippen LogP contribution in [0.3, 0.4) is 0 Å². The van der Waals surface area contributed by atoms with Crippen LogP contribution in [0, 0.1) is 0 Å². The van der Waals surface area contributed by atoms with Crippen LogP contribution in [0.4, 0.5) is 11.4 Å². The van der Waals surface area contributed by atoms with Gasteiger partial charge in [-0.2, -0.15) is 0 Å². The summed E-state index contributed by atoms with van der Waals surface area (Å²) in [6.07, 6.45) is 2.42. The van der Waals surface area contributed by atoms with Crippen LogP contribution in [0.2, 0.25) is 0 Å². The third kappa shape index (κ3) is 4.93. The van der Waals surface area contributed by atoms with E-state index in [1.165, 1.54) is 4.90 Å². The van der Waals surface area contributed by atoms with Gasteiger partial charge in [-0.3, -0.25) is 14.4 Å². The fraction of sp³-hybridized carbons (Fsp3) is 0.471. The largest absolute Gasteiger partial charge is 0.355 e. The Morgan fingerprint density at radius 3 is 2.80 bits per heavy atom. The first-order chi connectivity index (χ1) is 11.6. The lowest BCUT2D eigenvalue weighted by atomic mass is 10.1. The van der Waals surface area contributed by atoms with Crippen molar-refractivity contribution in [1.82, 2.24) is 10.6 Å². The molecule has 0 spiro atoms. The molecule has 1 fully saturated rings. The topological polar surface area (TPSA) is 90.5 Å². The Hall–Kier alpha value is -2.12. The molecule has 1 aromatic rings. The van der Waals surface area contributed by atoms with E-state index < -0.39 is 0 Å². The third-order valence-corrected chi connectivity index (χ3v) is 4.35. The van der Waals surface area contributed by atoms with Gasteiger partial charge in [0.1, 0.15) is 6.54 Å². The van der Waals surface area contributed by atoms with Gasteiger partial charge in [0, 0.05) is 25.4 Å². The molecule has 2 aliphatic heterocycles. The summed E-state index contributed by atoms with van der Waals surface area (Å²) in [5.74, 6) is -0.572. The summed E-state index contributed by atoms with van der Waals surface area (Å²) in [7, 11) is 0. The summed E-state index contributed by atoms with van der Waals surface area (Å²) in [5, 5.41) is 8.91. The van der Waals surface area contributed by atoms with Gasteiger partial charge in [0.15, 0.2) is 0 Å². The van der Waals surface area contributed by atoms with E-state index in [9.17, 15) is 14.4 Å². The summed E-state index contributed by atoms with van der Waals surface area (Å²) in [5.41, 5.74) is 1.30. The monoisotopic (exact) mass is 366 g/mol. The molecule has 1 unspecified atom stereocenters. The number of rotatable bonds is 5. The van der Waals surface area contributed by atoms with E-state index in [0.717, 1.165) is 19.4 Å². The molecule has 1 saturated heterocycles. The van der Waals surface area contributed by atoms with Gasteiger partial charge in [-0.05, 0) is 31.5 Å². The van der Waals surface area contributed by atoms with Crippen LogP contribution in [-0.2, 0) is 14.4 Å². The highest BCUT2D eigenvalue weighted by atomic mass is 35.5. The Morgan fingerprint density at radius 1 is 1.24 bits per heavy atom. The van der Waals surface area contributed by atoms with Crippen LogP contribution in [0.15, 0.2) is 24.3 Å². The zero-order valence-corrected chi connectivity index (χ0v) is 14.7. The standard InChI is InChI=1S/C17H22N4O3.ClH/c22-15(19-10-12-4-3-9-18-12)7-8-17(24)21-11-16(23)20-13-5-1-2-6-14(13)21;/h1-2,5-6,12,18H,3-4,7-11H2,(H,19,22)(H,20,23);1H. The average molecular weight is 367 g/mol. The van der Waals surface area contributed by atoms with Gasteiger partial charge in [0.2, 0.25) is 17.7 Å². The van der Waals surface area contributed by atoms with Crippen molar-refractivity contribution in [3.8, 4) is 0 Å². The molecule has 3 amide bonds. The van der Waals surface area contributed by atoms with Crippen molar-refractivity contribution in [1.29, 1.82) is 0 Å². The molecule has 0 radical (unpaired) electrons. The molecule has 8 heteroatoms. The summed E-state index contributed by atoms with van der Waals surface area (Å²) in [6, 6.07) is 7.50. The minimum absolute atomic E-state index is 0. The smallest absolute Gasteiger partial charge is 0.244 e. The van der Waals surface area contributed by atoms with Gasteiger partial charge in [0.05, 0.1) is 11.4 Å². The zero-order chi connectivity index (χ0) is 16.9. The molecular weight excluding hydrogens is 344 g/mol. The average Bonchev–Trinajstić information content (AvgIpc) is 3.10. The van der Waals surface area contributed by atoms with E-state index in [-0.39, 0.29) is 49.5 Å². The Morgan fingerprint density at radius 2 is 2.04 bits per heavy atom. The molecular formula is C17H23ClN4O3. The normalized spacial score (nSPS) is 18.8. The van der Waals surface area contributed by atoms with Crippen LogP contribution in [0.25, 0.3) is 0 Å². The van der Waals surface area contributed by atoms with Crippen LogP contribution < -0.4 is 20.9 Å². The number of carbonyl (C=O) groups excluding carboxylic acids is 3. The van der Waals surface area contributed by atoms with Crippen molar-refractivity contribution in [2.75, 3.05) is 29.9 Å². The van der Waals surface area contributed by atoms with Crippen molar-refractivity contribution in [2.24, 2.45) is 0 Å². The molecule has 1 aromatic carbocycles. The third-order valence-electron chi connectivity index (χ3n) is 4.35. The van der Waals surface area contributed by atoms with Gasteiger partial charge >= 0.3 is 0 Å². The molecule has 7 nitrogen and oxygen atoms in total. The fourth-order valence-electron chi connectivity index (χ4n) is 3.07. The van der Waals surface area contributed by atoms with Crippen molar-refractivity contribution < 1.29 is 14.4 Å². The predicted molar refractivity (Wildman–Crippen MR) is 97.9 cm³/mol. The maximum atomic E-state index is 12.4. The summed E-state index contributed by atoms with van der Waals surface area (Å²) < 4.78 is 0. The van der Waals surface area contributed by atoms with E-state index in [2.05, 4.69) is 16.0 Å². The number of hydrogen-bond acceptors (Lipinski definition) is 4. The molecule has 0 aliphatic carbocycles. The Bertz CT molecular complexity index is 647. The summed E-state index contributed by atoms with van der Waals surface area (Å²) >= 11 is 0. The highest BCUT2D eigenvalue weighted by molar-refractivity contribution is 6.10. The Kier molecular flexibility index (Phi) is 6.78. The second-order valence-electron chi connectivity index (χ2n) is 6.14. The molecule has 2 aliphatic rings. The van der Waals surface area contributed by atoms with Crippen LogP contribution in [-0.4, -0.2) is 43.4 Å². The second-order valence-corrected chi connectivity index (χ2v) is 6.14. The number of halogens is 1. The van der Waals surface area contributed by atoms with Gasteiger partial charge in [0.25, 0.3) is 0 Å². The highest BCUT2D eigenvalue weighted by Gasteiger charge is 2.26. The van der Waals surface area contributed by atoms with E-state index in [0.29, 0.717) is 24.0 Å². The predicted octanol–water partition coefficient (Wildman–Crippen LogP) is 1.04. The molecule has 3 rings (SSSR count). The maximum Gasteiger partial charge on any atom is 0.244 e. The lowest BCUT2D eigenvalue weighted by molar-refractivity contribution is -0.125. The second kappa shape index (κ2) is 8.82. The number of fused-ring (bicyclic) bond motifs is 1. The molecule has 0 saturated carbocycles. The van der Waals surface area contributed by atoms with Crippen molar-refractivity contribution in [2.45, 2.75) is 31.7 Å². The number of benzene rings is 1. The van der Waals surface area contributed by atoms with Gasteiger partial charge in [-0.25, -0.2) is 0 Å². The van der Waals surface area contributed by atoms with E-state index >= 15 is 0 Å². The quantitative estimate of drug-likeness (QED) is 0.726. The Labute approximate surface area is 152 Å². The van der Waals surface area contributed by atoms with Crippen molar-refractivity contribution >= 4 is 41.5 Å². The van der Waals surface area contributed by atoms with Crippen molar-refractivity contribution in [3.05, 3.63) is 24.3 Å². The van der Waals surface area contributed by atoms with Crippen molar-refractivity contribution in [3.63, 3.8) is 0 Å². The van der Waals surface area contributed by atoms with Crippen LogP contribution in [0.1, 0.15) is 25.7 Å². The van der Waals surface area contributed by atoms with E-state index in [1.807, 2.05) is 6.07 Å². The molecule has 25 heavy (non-hydrogen) atoms. The number of anilines is 2. The first-order valence-corrected chi connectivity index (χ1v) is 8.33. The molecule has 3 N–H and O–H groups in total. The first kappa shape index (κ1) is 19.2. The number of nitrogens with zero attached hydrogens (tertiary/aromatic N) is 1. The van der Waals surface area contributed by atoms with Crippen LogP contribution in [0.5, 0.6) is 0 Å². The molecule has 0 aromatic heterocycles.